The monoisotopic (exact) mass is 339 g/mol. The Hall–Kier alpha value is -2.45. The lowest BCUT2D eigenvalue weighted by atomic mass is 9.97. The normalized spacial score (nSPS) is 18.6. The summed E-state index contributed by atoms with van der Waals surface area (Å²) >= 11 is 0. The summed E-state index contributed by atoms with van der Waals surface area (Å²) in [5.74, 6) is -0.464. The molecule has 0 aromatic carbocycles. The van der Waals surface area contributed by atoms with Crippen LogP contribution in [-0.4, -0.2) is 43.6 Å². The van der Waals surface area contributed by atoms with Crippen LogP contribution in [0.25, 0.3) is 0 Å². The Bertz CT molecular complexity index is 701. The van der Waals surface area contributed by atoms with Crippen molar-refractivity contribution in [2.24, 2.45) is 5.92 Å². The number of pyridine rings is 1. The van der Waals surface area contributed by atoms with Crippen molar-refractivity contribution in [3.63, 3.8) is 0 Å². The molecular weight excluding hydrogens is 323 g/mol. The van der Waals surface area contributed by atoms with Crippen molar-refractivity contribution in [3.05, 3.63) is 42.2 Å². The molecule has 2 aromatic rings. The molecule has 0 unspecified atom stereocenters. The van der Waals surface area contributed by atoms with Crippen LogP contribution in [0.15, 0.2) is 31.1 Å². The Morgan fingerprint density at radius 3 is 2.88 bits per heavy atom. The van der Waals surface area contributed by atoms with Crippen molar-refractivity contribution in [1.82, 2.24) is 24.6 Å². The number of piperidine rings is 1. The number of amides is 1. The highest BCUT2D eigenvalue weighted by molar-refractivity contribution is 5.95. The van der Waals surface area contributed by atoms with E-state index < -0.39 is 17.6 Å². The molecule has 1 aliphatic heterocycles. The third-order valence-electron chi connectivity index (χ3n) is 4.07. The van der Waals surface area contributed by atoms with Gasteiger partial charge in [0.2, 0.25) is 0 Å². The summed E-state index contributed by atoms with van der Waals surface area (Å²) in [4.78, 5) is 21.4. The van der Waals surface area contributed by atoms with E-state index in [4.69, 9.17) is 0 Å². The molecule has 1 aliphatic rings. The first kappa shape index (κ1) is 16.4. The Morgan fingerprint density at radius 1 is 1.33 bits per heavy atom. The molecule has 6 nitrogen and oxygen atoms in total. The maximum atomic E-state index is 13.1. The SMILES string of the molecule is O=C(c1ccncc1C(F)(F)F)N1CCC[C@@H](Cn2cncn2)C1. The highest BCUT2D eigenvalue weighted by Gasteiger charge is 2.37. The van der Waals surface area contributed by atoms with Gasteiger partial charge >= 0.3 is 6.18 Å². The van der Waals surface area contributed by atoms with E-state index in [2.05, 4.69) is 15.1 Å². The largest absolute Gasteiger partial charge is 0.418 e. The molecule has 0 radical (unpaired) electrons. The smallest absolute Gasteiger partial charge is 0.338 e. The highest BCUT2D eigenvalue weighted by atomic mass is 19.4. The zero-order chi connectivity index (χ0) is 17.2. The molecule has 1 atom stereocenters. The van der Waals surface area contributed by atoms with E-state index in [1.807, 2.05) is 0 Å². The Kier molecular flexibility index (Phi) is 4.50. The molecule has 0 aliphatic carbocycles. The van der Waals surface area contributed by atoms with Gasteiger partial charge in [-0.05, 0) is 24.8 Å². The molecule has 24 heavy (non-hydrogen) atoms. The molecule has 3 heterocycles. The van der Waals surface area contributed by atoms with Gasteiger partial charge in [0.15, 0.2) is 0 Å². The first-order valence-corrected chi connectivity index (χ1v) is 7.58. The van der Waals surface area contributed by atoms with Crippen molar-refractivity contribution in [2.45, 2.75) is 25.6 Å². The lowest BCUT2D eigenvalue weighted by molar-refractivity contribution is -0.138. The van der Waals surface area contributed by atoms with Crippen molar-refractivity contribution in [2.75, 3.05) is 13.1 Å². The second kappa shape index (κ2) is 6.58. The number of hydrogen-bond donors (Lipinski definition) is 0. The Morgan fingerprint density at radius 2 is 2.17 bits per heavy atom. The fraction of sp³-hybridized carbons (Fsp3) is 0.467. The minimum Gasteiger partial charge on any atom is -0.338 e. The molecule has 128 valence electrons. The first-order chi connectivity index (χ1) is 11.4. The van der Waals surface area contributed by atoms with E-state index in [9.17, 15) is 18.0 Å². The van der Waals surface area contributed by atoms with Gasteiger partial charge in [-0.3, -0.25) is 14.5 Å². The fourth-order valence-electron chi connectivity index (χ4n) is 2.97. The number of halogens is 3. The summed E-state index contributed by atoms with van der Waals surface area (Å²) < 4.78 is 40.9. The maximum absolute atomic E-state index is 13.1. The highest BCUT2D eigenvalue weighted by Crippen LogP contribution is 2.32. The predicted molar refractivity (Wildman–Crippen MR) is 77.9 cm³/mol. The van der Waals surface area contributed by atoms with E-state index in [1.165, 1.54) is 17.4 Å². The number of likely N-dealkylation sites (tertiary alicyclic amines) is 1. The van der Waals surface area contributed by atoms with E-state index in [0.29, 0.717) is 25.8 Å². The van der Waals surface area contributed by atoms with E-state index in [-0.39, 0.29) is 11.5 Å². The van der Waals surface area contributed by atoms with Gasteiger partial charge in [-0.15, -0.1) is 0 Å². The van der Waals surface area contributed by atoms with Crippen LogP contribution >= 0.6 is 0 Å². The van der Waals surface area contributed by atoms with Gasteiger partial charge in [-0.25, -0.2) is 4.98 Å². The molecule has 0 spiro atoms. The molecule has 0 bridgehead atoms. The third-order valence-corrected chi connectivity index (χ3v) is 4.07. The van der Waals surface area contributed by atoms with Crippen LogP contribution in [0.3, 0.4) is 0 Å². The first-order valence-electron chi connectivity index (χ1n) is 7.58. The number of carbonyl (C=O) groups excluding carboxylic acids is 1. The van der Waals surface area contributed by atoms with Crippen LogP contribution in [0.1, 0.15) is 28.8 Å². The predicted octanol–water partition coefficient (Wildman–Crippen LogP) is 2.24. The average molecular weight is 339 g/mol. The van der Waals surface area contributed by atoms with Crippen LogP contribution in [0.4, 0.5) is 13.2 Å². The molecule has 0 N–H and O–H groups in total. The second-order valence-electron chi connectivity index (χ2n) is 5.80. The van der Waals surface area contributed by atoms with E-state index in [0.717, 1.165) is 18.9 Å². The molecule has 1 amide bonds. The summed E-state index contributed by atoms with van der Waals surface area (Å²) in [6, 6.07) is 1.13. The third kappa shape index (κ3) is 3.55. The quantitative estimate of drug-likeness (QED) is 0.860. The number of carbonyl (C=O) groups is 1. The van der Waals surface area contributed by atoms with Crippen molar-refractivity contribution in [3.8, 4) is 0 Å². The van der Waals surface area contributed by atoms with E-state index >= 15 is 0 Å². The topological polar surface area (TPSA) is 63.9 Å². The molecular formula is C15H16F3N5O. The number of nitrogens with zero attached hydrogens (tertiary/aromatic N) is 5. The van der Waals surface area contributed by atoms with Crippen molar-refractivity contribution in [1.29, 1.82) is 0 Å². The summed E-state index contributed by atoms with van der Waals surface area (Å²) in [7, 11) is 0. The van der Waals surface area contributed by atoms with Gasteiger partial charge in [-0.1, -0.05) is 0 Å². The van der Waals surface area contributed by atoms with Crippen LogP contribution in [-0.2, 0) is 12.7 Å². The standard InChI is InChI=1S/C15H16F3N5O/c16-15(17,18)13-6-19-4-3-12(13)14(24)22-5-1-2-11(7-22)8-23-10-20-9-21-23/h3-4,6,9-11H,1-2,5,7-8H2/t11-/m1/s1. The minimum atomic E-state index is -4.60. The summed E-state index contributed by atoms with van der Waals surface area (Å²) in [6.07, 6.45) is 1.96. The lowest BCUT2D eigenvalue weighted by Gasteiger charge is -2.33. The molecule has 1 saturated heterocycles. The summed E-state index contributed by atoms with van der Waals surface area (Å²) in [5, 5.41) is 4.03. The number of hydrogen-bond acceptors (Lipinski definition) is 4. The minimum absolute atomic E-state index is 0.139. The number of aromatic nitrogens is 4. The van der Waals surface area contributed by atoms with Crippen LogP contribution in [0.2, 0.25) is 0 Å². The average Bonchev–Trinajstić information content (AvgIpc) is 3.06. The lowest BCUT2D eigenvalue weighted by Crippen LogP contribution is -2.41. The zero-order valence-electron chi connectivity index (χ0n) is 12.8. The molecule has 0 saturated carbocycles. The van der Waals surface area contributed by atoms with Crippen LogP contribution in [0, 0.1) is 5.92 Å². The number of rotatable bonds is 3. The summed E-state index contributed by atoms with van der Waals surface area (Å²) in [5.41, 5.74) is -1.34. The fourth-order valence-corrected chi connectivity index (χ4v) is 2.97. The van der Waals surface area contributed by atoms with Crippen molar-refractivity contribution < 1.29 is 18.0 Å². The Labute approximate surface area is 136 Å². The number of alkyl halides is 3. The van der Waals surface area contributed by atoms with Gasteiger partial charge in [0.05, 0.1) is 11.1 Å². The van der Waals surface area contributed by atoms with Gasteiger partial charge in [0.25, 0.3) is 5.91 Å². The van der Waals surface area contributed by atoms with E-state index in [1.54, 1.807) is 11.0 Å². The molecule has 3 rings (SSSR count). The zero-order valence-corrected chi connectivity index (χ0v) is 12.8. The van der Waals surface area contributed by atoms with Gasteiger partial charge < -0.3 is 4.90 Å². The van der Waals surface area contributed by atoms with Crippen LogP contribution in [0.5, 0.6) is 0 Å². The maximum Gasteiger partial charge on any atom is 0.418 e. The van der Waals surface area contributed by atoms with Gasteiger partial charge in [-0.2, -0.15) is 18.3 Å². The summed E-state index contributed by atoms with van der Waals surface area (Å²) in [6.45, 7) is 1.44. The van der Waals surface area contributed by atoms with Crippen molar-refractivity contribution >= 4 is 5.91 Å². The van der Waals surface area contributed by atoms with Crippen LogP contribution < -0.4 is 0 Å². The molecule has 9 heteroatoms. The molecule has 2 aromatic heterocycles. The van der Waals surface area contributed by atoms with Gasteiger partial charge in [0.1, 0.15) is 12.7 Å². The Balaban J connectivity index is 1.75. The molecule has 1 fully saturated rings. The second-order valence-corrected chi connectivity index (χ2v) is 5.80. The van der Waals surface area contributed by atoms with Gasteiger partial charge in [0, 0.05) is 32.0 Å².